The van der Waals surface area contributed by atoms with Crippen molar-refractivity contribution in [3.05, 3.63) is 29.6 Å². The van der Waals surface area contributed by atoms with Gasteiger partial charge in [0.15, 0.2) is 0 Å². The second kappa shape index (κ2) is 5.83. The summed E-state index contributed by atoms with van der Waals surface area (Å²) in [6.07, 6.45) is 4.98. The average Bonchev–Trinajstić information content (AvgIpc) is 2.25. The third kappa shape index (κ3) is 3.01. The Morgan fingerprint density at radius 2 is 2.27 bits per heavy atom. The number of aryl methyl sites for hydroxylation is 1. The van der Waals surface area contributed by atoms with Crippen molar-refractivity contribution in [3.8, 4) is 0 Å². The van der Waals surface area contributed by atoms with Gasteiger partial charge in [0.05, 0.1) is 6.10 Å². The van der Waals surface area contributed by atoms with Crippen LogP contribution in [0.3, 0.4) is 0 Å². The van der Waals surface area contributed by atoms with E-state index in [4.69, 9.17) is 5.73 Å². The van der Waals surface area contributed by atoms with E-state index >= 15 is 0 Å². The molecular formula is C12H20N2O. The van der Waals surface area contributed by atoms with Gasteiger partial charge in [-0.3, -0.25) is 4.98 Å². The van der Waals surface area contributed by atoms with Crippen molar-refractivity contribution in [1.82, 2.24) is 4.98 Å². The number of rotatable bonds is 5. The fourth-order valence-corrected chi connectivity index (χ4v) is 1.82. The van der Waals surface area contributed by atoms with E-state index < -0.39 is 6.10 Å². The maximum atomic E-state index is 10.2. The van der Waals surface area contributed by atoms with Crippen LogP contribution in [0.2, 0.25) is 0 Å². The van der Waals surface area contributed by atoms with Gasteiger partial charge in [-0.05, 0) is 31.5 Å². The molecule has 84 valence electrons. The van der Waals surface area contributed by atoms with Crippen LogP contribution in [-0.4, -0.2) is 16.6 Å². The van der Waals surface area contributed by atoms with Crippen LogP contribution in [-0.2, 0) is 0 Å². The van der Waals surface area contributed by atoms with E-state index in [9.17, 15) is 5.11 Å². The lowest BCUT2D eigenvalue weighted by molar-refractivity contribution is 0.106. The standard InChI is InChI=1S/C12H20N2O/c1-3-4-10(7-13)12(15)11-8-14-6-5-9(11)2/h5-6,8,10,12,15H,3-4,7,13H2,1-2H3. The van der Waals surface area contributed by atoms with Crippen molar-refractivity contribution in [3.63, 3.8) is 0 Å². The van der Waals surface area contributed by atoms with Gasteiger partial charge >= 0.3 is 0 Å². The lowest BCUT2D eigenvalue weighted by Crippen LogP contribution is -2.22. The Balaban J connectivity index is 2.82. The quantitative estimate of drug-likeness (QED) is 0.775. The zero-order valence-corrected chi connectivity index (χ0v) is 9.48. The molecular weight excluding hydrogens is 188 g/mol. The Labute approximate surface area is 91.3 Å². The Bertz CT molecular complexity index is 301. The topological polar surface area (TPSA) is 59.1 Å². The van der Waals surface area contributed by atoms with Gasteiger partial charge < -0.3 is 10.8 Å². The molecule has 0 aliphatic heterocycles. The molecule has 0 radical (unpaired) electrons. The smallest absolute Gasteiger partial charge is 0.0847 e. The van der Waals surface area contributed by atoms with Crippen LogP contribution in [0.4, 0.5) is 0 Å². The molecule has 1 aromatic rings. The second-order valence-corrected chi connectivity index (χ2v) is 3.96. The first kappa shape index (κ1) is 12.1. The average molecular weight is 208 g/mol. The lowest BCUT2D eigenvalue weighted by atomic mass is 9.91. The molecule has 0 fully saturated rings. The van der Waals surface area contributed by atoms with E-state index in [-0.39, 0.29) is 5.92 Å². The molecule has 2 atom stereocenters. The largest absolute Gasteiger partial charge is 0.388 e. The van der Waals surface area contributed by atoms with E-state index in [1.165, 1.54) is 0 Å². The molecule has 1 heterocycles. The van der Waals surface area contributed by atoms with Gasteiger partial charge in [-0.15, -0.1) is 0 Å². The Kier molecular flexibility index (Phi) is 4.72. The molecule has 3 N–H and O–H groups in total. The number of nitrogens with two attached hydrogens (primary N) is 1. The molecule has 0 aliphatic carbocycles. The highest BCUT2D eigenvalue weighted by Gasteiger charge is 2.20. The molecule has 3 heteroatoms. The summed E-state index contributed by atoms with van der Waals surface area (Å²) >= 11 is 0. The fraction of sp³-hybridized carbons (Fsp3) is 0.583. The number of hydrogen-bond acceptors (Lipinski definition) is 3. The van der Waals surface area contributed by atoms with E-state index in [2.05, 4.69) is 11.9 Å². The van der Waals surface area contributed by atoms with Crippen LogP contribution < -0.4 is 5.73 Å². The second-order valence-electron chi connectivity index (χ2n) is 3.96. The summed E-state index contributed by atoms with van der Waals surface area (Å²) in [7, 11) is 0. The van der Waals surface area contributed by atoms with Gasteiger partial charge in [-0.25, -0.2) is 0 Å². The molecule has 0 bridgehead atoms. The maximum Gasteiger partial charge on any atom is 0.0847 e. The molecule has 0 aromatic carbocycles. The highest BCUT2D eigenvalue weighted by atomic mass is 16.3. The normalized spacial score (nSPS) is 14.9. The third-order valence-electron chi connectivity index (χ3n) is 2.81. The first-order valence-electron chi connectivity index (χ1n) is 5.49. The van der Waals surface area contributed by atoms with Gasteiger partial charge in [0.2, 0.25) is 0 Å². The number of nitrogens with zero attached hydrogens (tertiary/aromatic N) is 1. The summed E-state index contributed by atoms with van der Waals surface area (Å²) in [6, 6.07) is 1.91. The summed E-state index contributed by atoms with van der Waals surface area (Å²) in [5, 5.41) is 10.2. The minimum absolute atomic E-state index is 0.137. The number of aromatic nitrogens is 1. The minimum Gasteiger partial charge on any atom is -0.388 e. The number of aliphatic hydroxyl groups is 1. The number of hydrogen-bond donors (Lipinski definition) is 2. The summed E-state index contributed by atoms with van der Waals surface area (Å²) in [6.45, 7) is 4.61. The molecule has 0 saturated carbocycles. The van der Waals surface area contributed by atoms with E-state index in [1.54, 1.807) is 12.4 Å². The van der Waals surface area contributed by atoms with Crippen LogP contribution in [0.1, 0.15) is 37.0 Å². The van der Waals surface area contributed by atoms with E-state index in [0.717, 1.165) is 24.0 Å². The van der Waals surface area contributed by atoms with Gasteiger partial charge in [-0.2, -0.15) is 0 Å². The first-order chi connectivity index (χ1) is 7.20. The molecule has 0 spiro atoms. The van der Waals surface area contributed by atoms with Crippen molar-refractivity contribution in [2.24, 2.45) is 11.7 Å². The van der Waals surface area contributed by atoms with Crippen molar-refractivity contribution in [2.75, 3.05) is 6.54 Å². The molecule has 0 saturated heterocycles. The highest BCUT2D eigenvalue weighted by molar-refractivity contribution is 5.24. The van der Waals surface area contributed by atoms with Crippen molar-refractivity contribution >= 4 is 0 Å². The molecule has 0 aliphatic rings. The van der Waals surface area contributed by atoms with Gasteiger partial charge in [0.1, 0.15) is 0 Å². The van der Waals surface area contributed by atoms with Gasteiger partial charge in [0.25, 0.3) is 0 Å². The predicted octanol–water partition coefficient (Wildman–Crippen LogP) is 1.80. The Morgan fingerprint density at radius 3 is 2.80 bits per heavy atom. The van der Waals surface area contributed by atoms with Crippen LogP contribution >= 0.6 is 0 Å². The summed E-state index contributed by atoms with van der Waals surface area (Å²) in [5.41, 5.74) is 7.65. The van der Waals surface area contributed by atoms with Crippen LogP contribution in [0.15, 0.2) is 18.5 Å². The summed E-state index contributed by atoms with van der Waals surface area (Å²) < 4.78 is 0. The van der Waals surface area contributed by atoms with Gasteiger partial charge in [-0.1, -0.05) is 13.3 Å². The molecule has 0 amide bonds. The van der Waals surface area contributed by atoms with Crippen molar-refractivity contribution < 1.29 is 5.11 Å². The zero-order chi connectivity index (χ0) is 11.3. The third-order valence-corrected chi connectivity index (χ3v) is 2.81. The number of pyridine rings is 1. The molecule has 1 aromatic heterocycles. The zero-order valence-electron chi connectivity index (χ0n) is 9.48. The number of aliphatic hydroxyl groups excluding tert-OH is 1. The van der Waals surface area contributed by atoms with Crippen LogP contribution in [0, 0.1) is 12.8 Å². The Morgan fingerprint density at radius 1 is 1.53 bits per heavy atom. The Hall–Kier alpha value is -0.930. The minimum atomic E-state index is -0.483. The lowest BCUT2D eigenvalue weighted by Gasteiger charge is -2.22. The SMILES string of the molecule is CCCC(CN)C(O)c1cnccc1C. The predicted molar refractivity (Wildman–Crippen MR) is 61.4 cm³/mol. The summed E-state index contributed by atoms with van der Waals surface area (Å²) in [4.78, 5) is 4.04. The van der Waals surface area contributed by atoms with E-state index in [1.807, 2.05) is 13.0 Å². The van der Waals surface area contributed by atoms with Crippen molar-refractivity contribution in [1.29, 1.82) is 0 Å². The fourth-order valence-electron chi connectivity index (χ4n) is 1.82. The molecule has 2 unspecified atom stereocenters. The maximum absolute atomic E-state index is 10.2. The van der Waals surface area contributed by atoms with Crippen LogP contribution in [0.25, 0.3) is 0 Å². The van der Waals surface area contributed by atoms with Gasteiger partial charge in [0, 0.05) is 23.9 Å². The molecule has 1 rings (SSSR count). The molecule has 3 nitrogen and oxygen atoms in total. The van der Waals surface area contributed by atoms with Crippen LogP contribution in [0.5, 0.6) is 0 Å². The molecule has 15 heavy (non-hydrogen) atoms. The summed E-state index contributed by atoms with van der Waals surface area (Å²) in [5.74, 6) is 0.137. The van der Waals surface area contributed by atoms with E-state index in [0.29, 0.717) is 6.54 Å². The van der Waals surface area contributed by atoms with Crippen molar-refractivity contribution in [2.45, 2.75) is 32.8 Å². The first-order valence-corrected chi connectivity index (χ1v) is 5.49. The highest BCUT2D eigenvalue weighted by Crippen LogP contribution is 2.26. The monoisotopic (exact) mass is 208 g/mol.